The van der Waals surface area contributed by atoms with Crippen LogP contribution in [0.2, 0.25) is 15.1 Å². The van der Waals surface area contributed by atoms with Gasteiger partial charge in [0.1, 0.15) is 12.6 Å². The molecule has 0 spiro atoms. The second-order valence-electron chi connectivity index (χ2n) is 11.0. The Bertz CT molecular complexity index is 1790. The molecule has 0 aliphatic rings. The van der Waals surface area contributed by atoms with Crippen LogP contribution in [0.25, 0.3) is 0 Å². The predicted molar refractivity (Wildman–Crippen MR) is 186 cm³/mol. The van der Waals surface area contributed by atoms with Crippen molar-refractivity contribution in [3.63, 3.8) is 0 Å². The molecule has 2 amide bonds. The minimum absolute atomic E-state index is 0.0223. The van der Waals surface area contributed by atoms with E-state index < -0.39 is 28.5 Å². The first-order chi connectivity index (χ1) is 21.9. The monoisotopic (exact) mass is 699 g/mol. The zero-order valence-electron chi connectivity index (χ0n) is 25.8. The van der Waals surface area contributed by atoms with Crippen molar-refractivity contribution in [3.05, 3.63) is 128 Å². The Hall–Kier alpha value is -3.56. The molecule has 4 rings (SSSR count). The average molecular weight is 701 g/mol. The van der Waals surface area contributed by atoms with E-state index in [0.29, 0.717) is 39.2 Å². The Morgan fingerprint density at radius 2 is 1.50 bits per heavy atom. The summed E-state index contributed by atoms with van der Waals surface area (Å²) >= 11 is 19.0. The molecule has 4 aromatic rings. The molecule has 0 saturated heterocycles. The lowest BCUT2D eigenvalue weighted by atomic mass is 10.0. The highest BCUT2D eigenvalue weighted by Crippen LogP contribution is 2.30. The molecular formula is C35H36Cl3N3O4S. The molecule has 0 bridgehead atoms. The molecule has 46 heavy (non-hydrogen) atoms. The summed E-state index contributed by atoms with van der Waals surface area (Å²) in [4.78, 5) is 29.8. The highest BCUT2D eigenvalue weighted by atomic mass is 35.5. The summed E-state index contributed by atoms with van der Waals surface area (Å²) in [7, 11) is -4.24. The number of nitrogens with one attached hydrogen (secondary N) is 1. The van der Waals surface area contributed by atoms with Crippen molar-refractivity contribution in [3.8, 4) is 0 Å². The fraction of sp³-hybridized carbons (Fsp3) is 0.257. The van der Waals surface area contributed by atoms with Gasteiger partial charge < -0.3 is 10.2 Å². The predicted octanol–water partition coefficient (Wildman–Crippen LogP) is 7.63. The van der Waals surface area contributed by atoms with Crippen molar-refractivity contribution in [2.24, 2.45) is 0 Å². The molecule has 7 nitrogen and oxygen atoms in total. The zero-order chi connectivity index (χ0) is 33.4. The molecule has 0 aromatic heterocycles. The first-order valence-electron chi connectivity index (χ1n) is 14.8. The van der Waals surface area contributed by atoms with Crippen LogP contribution < -0.4 is 9.62 Å². The van der Waals surface area contributed by atoms with Crippen molar-refractivity contribution in [2.75, 3.05) is 17.4 Å². The number of benzene rings is 4. The second-order valence-corrected chi connectivity index (χ2v) is 14.2. The van der Waals surface area contributed by atoms with Crippen LogP contribution in [0.3, 0.4) is 0 Å². The standard InChI is InChI=1S/C35H36Cl3N3O4S/c1-4-18-39-35(43)33(20-26-8-6-5-7-9-26)40(22-27-12-13-29(37)21-31(27)38)34(42)23-41(32-17-14-28(36)19-25(32)3)46(44,45)30-15-10-24(2)11-16-30/h5-17,19,21,33H,4,18,20,22-23H2,1-3H3,(H,39,43)/t33-/m1/s1. The van der Waals surface area contributed by atoms with Crippen LogP contribution in [0.5, 0.6) is 0 Å². The summed E-state index contributed by atoms with van der Waals surface area (Å²) in [5.74, 6) is -0.955. The maximum absolute atomic E-state index is 14.6. The van der Waals surface area contributed by atoms with Gasteiger partial charge in [-0.1, -0.05) is 95.8 Å². The van der Waals surface area contributed by atoms with E-state index in [2.05, 4.69) is 5.32 Å². The van der Waals surface area contributed by atoms with Gasteiger partial charge in [0.05, 0.1) is 10.6 Å². The van der Waals surface area contributed by atoms with E-state index in [1.54, 1.807) is 55.5 Å². The van der Waals surface area contributed by atoms with Crippen LogP contribution in [0.15, 0.2) is 95.9 Å². The number of hydrogen-bond acceptors (Lipinski definition) is 4. The Labute approximate surface area is 286 Å². The smallest absolute Gasteiger partial charge is 0.264 e. The number of amides is 2. The number of nitrogens with zero attached hydrogens (tertiary/aromatic N) is 2. The third-order valence-corrected chi connectivity index (χ3v) is 10.1. The number of anilines is 1. The molecule has 0 radical (unpaired) electrons. The maximum atomic E-state index is 14.6. The van der Waals surface area contributed by atoms with Gasteiger partial charge in [-0.25, -0.2) is 8.42 Å². The van der Waals surface area contributed by atoms with Gasteiger partial charge in [0, 0.05) is 34.6 Å². The quantitative estimate of drug-likeness (QED) is 0.156. The lowest BCUT2D eigenvalue weighted by molar-refractivity contribution is -0.140. The van der Waals surface area contributed by atoms with Crippen LogP contribution in [0.4, 0.5) is 5.69 Å². The van der Waals surface area contributed by atoms with Crippen LogP contribution in [-0.4, -0.2) is 44.3 Å². The molecule has 11 heteroatoms. The summed E-state index contributed by atoms with van der Waals surface area (Å²) < 4.78 is 29.5. The fourth-order valence-corrected chi connectivity index (χ4v) is 7.18. The summed E-state index contributed by atoms with van der Waals surface area (Å²) in [6, 6.07) is 24.5. The zero-order valence-corrected chi connectivity index (χ0v) is 28.9. The highest BCUT2D eigenvalue weighted by Gasteiger charge is 2.35. The minimum Gasteiger partial charge on any atom is -0.354 e. The topological polar surface area (TPSA) is 86.8 Å². The van der Waals surface area contributed by atoms with Crippen molar-refractivity contribution in [2.45, 2.75) is 51.1 Å². The molecule has 1 N–H and O–H groups in total. The molecule has 0 saturated carbocycles. The molecule has 0 heterocycles. The molecule has 1 atom stereocenters. The number of sulfonamides is 1. The van der Waals surface area contributed by atoms with Crippen molar-refractivity contribution >= 4 is 62.3 Å². The van der Waals surface area contributed by atoms with Crippen molar-refractivity contribution < 1.29 is 18.0 Å². The first kappa shape index (κ1) is 35.3. The Morgan fingerprint density at radius 3 is 2.13 bits per heavy atom. The van der Waals surface area contributed by atoms with Gasteiger partial charge in [0.15, 0.2) is 0 Å². The average Bonchev–Trinajstić information content (AvgIpc) is 3.02. The van der Waals surface area contributed by atoms with Crippen LogP contribution >= 0.6 is 34.8 Å². The SMILES string of the molecule is CCCNC(=O)[C@@H](Cc1ccccc1)N(Cc1ccc(Cl)cc1Cl)C(=O)CN(c1ccc(Cl)cc1C)S(=O)(=O)c1ccc(C)cc1. The van der Waals surface area contributed by atoms with Gasteiger partial charge >= 0.3 is 0 Å². The highest BCUT2D eigenvalue weighted by molar-refractivity contribution is 7.92. The lowest BCUT2D eigenvalue weighted by Gasteiger charge is -2.34. The third-order valence-electron chi connectivity index (χ3n) is 7.49. The fourth-order valence-electron chi connectivity index (χ4n) is 5.00. The number of rotatable bonds is 13. The molecule has 0 aliphatic heterocycles. The van der Waals surface area contributed by atoms with Gasteiger partial charge in [0.25, 0.3) is 10.0 Å². The van der Waals surface area contributed by atoms with Gasteiger partial charge in [-0.3, -0.25) is 13.9 Å². The number of aryl methyl sites for hydroxylation is 2. The first-order valence-corrected chi connectivity index (χ1v) is 17.4. The Balaban J connectivity index is 1.84. The summed E-state index contributed by atoms with van der Waals surface area (Å²) in [5.41, 5.74) is 3.12. The van der Waals surface area contributed by atoms with Gasteiger partial charge in [-0.05, 0) is 79.4 Å². The van der Waals surface area contributed by atoms with E-state index >= 15 is 0 Å². The Kier molecular flexibility index (Phi) is 12.1. The number of carbonyl (C=O) groups is 2. The lowest BCUT2D eigenvalue weighted by Crippen LogP contribution is -2.53. The van der Waals surface area contributed by atoms with E-state index in [9.17, 15) is 18.0 Å². The van der Waals surface area contributed by atoms with Crippen LogP contribution in [-0.2, 0) is 32.6 Å². The maximum Gasteiger partial charge on any atom is 0.264 e. The van der Waals surface area contributed by atoms with E-state index in [1.165, 1.54) is 17.0 Å². The molecule has 0 unspecified atom stereocenters. The minimum atomic E-state index is -4.24. The summed E-state index contributed by atoms with van der Waals surface area (Å²) in [6.45, 7) is 5.28. The van der Waals surface area contributed by atoms with Crippen LogP contribution in [0.1, 0.15) is 35.6 Å². The third kappa shape index (κ3) is 8.82. The Morgan fingerprint density at radius 1 is 0.848 bits per heavy atom. The molecule has 242 valence electrons. The van der Waals surface area contributed by atoms with Crippen LogP contribution in [0, 0.1) is 13.8 Å². The largest absolute Gasteiger partial charge is 0.354 e. The van der Waals surface area contributed by atoms with Gasteiger partial charge in [-0.2, -0.15) is 0 Å². The molecular weight excluding hydrogens is 665 g/mol. The van der Waals surface area contributed by atoms with E-state index in [1.807, 2.05) is 44.2 Å². The van der Waals surface area contributed by atoms with Gasteiger partial charge in [0.2, 0.25) is 11.8 Å². The van der Waals surface area contributed by atoms with Crippen molar-refractivity contribution in [1.29, 1.82) is 0 Å². The summed E-state index contributed by atoms with van der Waals surface area (Å²) in [5, 5.41) is 4.09. The molecule has 0 aliphatic carbocycles. The van der Waals surface area contributed by atoms with E-state index in [-0.39, 0.29) is 29.5 Å². The number of carbonyl (C=O) groups excluding carboxylic acids is 2. The van der Waals surface area contributed by atoms with Gasteiger partial charge in [-0.15, -0.1) is 0 Å². The van der Waals surface area contributed by atoms with E-state index in [0.717, 1.165) is 15.4 Å². The second kappa shape index (κ2) is 15.8. The van der Waals surface area contributed by atoms with Crippen molar-refractivity contribution in [1.82, 2.24) is 10.2 Å². The molecule has 4 aromatic carbocycles. The summed E-state index contributed by atoms with van der Waals surface area (Å²) in [6.07, 6.45) is 0.886. The number of halogens is 3. The normalized spacial score (nSPS) is 12.0. The van der Waals surface area contributed by atoms with E-state index in [4.69, 9.17) is 34.8 Å². The molecule has 0 fully saturated rings. The number of hydrogen-bond donors (Lipinski definition) is 1.